The summed E-state index contributed by atoms with van der Waals surface area (Å²) < 4.78 is 50.8. The van der Waals surface area contributed by atoms with Crippen molar-refractivity contribution in [3.05, 3.63) is 22.7 Å². The van der Waals surface area contributed by atoms with E-state index in [2.05, 4.69) is 18.1 Å². The van der Waals surface area contributed by atoms with Crippen LogP contribution in [0.4, 0.5) is 5.82 Å². The highest BCUT2D eigenvalue weighted by Crippen LogP contribution is 2.66. The van der Waals surface area contributed by atoms with Crippen molar-refractivity contribution >= 4 is 29.3 Å². The molecule has 1 aliphatic rings. The molecule has 0 bridgehead atoms. The van der Waals surface area contributed by atoms with Crippen molar-refractivity contribution < 1.29 is 61.4 Å². The molecule has 2 heterocycles. The van der Waals surface area contributed by atoms with Crippen LogP contribution in [0.25, 0.3) is 0 Å². The van der Waals surface area contributed by atoms with Crippen molar-refractivity contribution in [1.29, 1.82) is 0 Å². The highest BCUT2D eigenvalue weighted by molar-refractivity contribution is 7.66. The van der Waals surface area contributed by atoms with E-state index in [1.54, 1.807) is 0 Å². The lowest BCUT2D eigenvalue weighted by atomic mass is 10.1. The van der Waals surface area contributed by atoms with E-state index in [0.29, 0.717) is 0 Å². The number of rotatable bonds is 8. The maximum absolute atomic E-state index is 11.8. The number of nitrogens with two attached hydrogens (primary N) is 1. The summed E-state index contributed by atoms with van der Waals surface area (Å²) in [5.74, 6) is -0.122. The van der Waals surface area contributed by atoms with E-state index < -0.39 is 60.3 Å². The first-order valence-electron chi connectivity index (χ1n) is 7.25. The number of aliphatic hydroxyl groups is 2. The molecule has 1 fully saturated rings. The predicted octanol–water partition coefficient (Wildman–Crippen LogP) is -2.21. The van der Waals surface area contributed by atoms with Gasteiger partial charge < -0.3 is 40.3 Å². The fourth-order valence-corrected chi connectivity index (χ4v) is 5.22. The quantitative estimate of drug-likeness (QED) is 0.193. The number of hydrogen-bond donors (Lipinski definition) is 7. The molecule has 1 aliphatic heterocycles. The molecule has 17 nitrogen and oxygen atoms in total. The van der Waals surface area contributed by atoms with Crippen LogP contribution < -0.4 is 11.4 Å². The second kappa shape index (κ2) is 8.61. The van der Waals surface area contributed by atoms with E-state index in [1.807, 2.05) is 0 Å². The lowest BCUT2D eigenvalue weighted by Gasteiger charge is -2.19. The molecule has 0 saturated carbocycles. The first-order valence-corrected chi connectivity index (χ1v) is 11.8. The van der Waals surface area contributed by atoms with E-state index in [4.69, 9.17) is 25.2 Å². The Kier molecular flexibility index (Phi) is 7.20. The van der Waals surface area contributed by atoms with Crippen molar-refractivity contribution in [2.24, 2.45) is 0 Å². The molecule has 166 valence electrons. The topological polar surface area (TPSA) is 270 Å². The number of phosphoric ester groups is 1. The molecule has 1 aromatic rings. The summed E-state index contributed by atoms with van der Waals surface area (Å²) in [5, 5.41) is 20.0. The molecule has 8 N–H and O–H groups in total. The van der Waals surface area contributed by atoms with E-state index in [-0.39, 0.29) is 5.82 Å². The molecule has 1 aromatic heterocycles. The van der Waals surface area contributed by atoms with Gasteiger partial charge in [0.1, 0.15) is 24.1 Å². The molecule has 0 amide bonds. The Morgan fingerprint density at radius 2 is 1.72 bits per heavy atom. The van der Waals surface area contributed by atoms with Crippen LogP contribution in [0, 0.1) is 0 Å². The Balaban J connectivity index is 2.05. The van der Waals surface area contributed by atoms with Crippen LogP contribution in [-0.4, -0.2) is 64.3 Å². The average molecular weight is 483 g/mol. The summed E-state index contributed by atoms with van der Waals surface area (Å²) >= 11 is 0. The third-order valence-electron chi connectivity index (χ3n) is 3.28. The molecular formula is C9H16N3O14P3. The summed E-state index contributed by atoms with van der Waals surface area (Å²) in [6, 6.07) is 1.20. The van der Waals surface area contributed by atoms with Gasteiger partial charge in [-0.05, 0) is 6.07 Å². The maximum Gasteiger partial charge on any atom is 0.490 e. The lowest BCUT2D eigenvalue weighted by molar-refractivity contribution is -0.0541. The molecule has 1 saturated heterocycles. The van der Waals surface area contributed by atoms with Crippen LogP contribution in [0.2, 0.25) is 0 Å². The minimum atomic E-state index is -5.71. The molecule has 2 unspecified atom stereocenters. The zero-order chi connectivity index (χ0) is 22.2. The van der Waals surface area contributed by atoms with Crippen molar-refractivity contribution in [3.8, 4) is 0 Å². The SMILES string of the molecule is Nc1ccn([C@H]2O[C@H](COP(=O)(O)OP(=O)(O)OP(=O)(O)O)[C@@H](O)[C@@H]2O)c(=O)n1. The van der Waals surface area contributed by atoms with Gasteiger partial charge in [0.25, 0.3) is 0 Å². The Hall–Kier alpha value is -1.03. The maximum atomic E-state index is 11.8. The summed E-state index contributed by atoms with van der Waals surface area (Å²) in [4.78, 5) is 50.5. The number of aromatic nitrogens is 2. The van der Waals surface area contributed by atoms with E-state index in [9.17, 15) is 33.6 Å². The zero-order valence-corrected chi connectivity index (χ0v) is 16.6. The van der Waals surface area contributed by atoms with Gasteiger partial charge in [-0.3, -0.25) is 9.09 Å². The first kappa shape index (κ1) is 24.2. The molecule has 29 heavy (non-hydrogen) atoms. The number of nitrogen functional groups attached to an aromatic ring is 1. The molecule has 2 rings (SSSR count). The Morgan fingerprint density at radius 3 is 2.28 bits per heavy atom. The van der Waals surface area contributed by atoms with Crippen LogP contribution in [-0.2, 0) is 31.6 Å². The number of phosphoric acid groups is 3. The highest BCUT2D eigenvalue weighted by Gasteiger charge is 2.46. The molecule has 20 heteroatoms. The van der Waals surface area contributed by atoms with Crippen LogP contribution in [0.1, 0.15) is 6.23 Å². The Bertz CT molecular complexity index is 946. The fourth-order valence-electron chi connectivity index (χ4n) is 2.19. The normalized spacial score (nSPS) is 29.3. The smallest absolute Gasteiger partial charge is 0.387 e. The van der Waals surface area contributed by atoms with Gasteiger partial charge in [-0.15, -0.1) is 0 Å². The second-order valence-electron chi connectivity index (χ2n) is 5.48. The second-order valence-corrected chi connectivity index (χ2v) is 9.90. The number of nitrogens with zero attached hydrogens (tertiary/aromatic N) is 2. The number of ether oxygens (including phenoxy) is 1. The third kappa shape index (κ3) is 6.73. The van der Waals surface area contributed by atoms with E-state index in [0.717, 1.165) is 10.8 Å². The number of hydrogen-bond acceptors (Lipinski definition) is 12. The average Bonchev–Trinajstić information content (AvgIpc) is 2.78. The standard InChI is InChI=1S/C9H16N3O14P3/c10-5-1-2-12(9(15)11-5)8-7(14)6(13)4(24-8)3-23-28(19,20)26-29(21,22)25-27(16,17)18/h1-2,4,6-8,13-14H,3H2,(H,19,20)(H,21,22)(H2,10,11,15)(H2,16,17,18)/t4-,6-,7+,8+/m1/s1. The summed E-state index contributed by atoms with van der Waals surface area (Å²) in [5.41, 5.74) is 4.39. The summed E-state index contributed by atoms with van der Waals surface area (Å²) in [6.07, 6.45) is -5.38. The predicted molar refractivity (Wildman–Crippen MR) is 88.6 cm³/mol. The monoisotopic (exact) mass is 483 g/mol. The van der Waals surface area contributed by atoms with Crippen LogP contribution in [0.5, 0.6) is 0 Å². The minimum absolute atomic E-state index is 0.122. The number of aliphatic hydroxyl groups excluding tert-OH is 2. The largest absolute Gasteiger partial charge is 0.490 e. The van der Waals surface area contributed by atoms with Crippen molar-refractivity contribution in [3.63, 3.8) is 0 Å². The van der Waals surface area contributed by atoms with Gasteiger partial charge in [-0.25, -0.2) is 18.5 Å². The molecule has 0 aromatic carbocycles. The van der Waals surface area contributed by atoms with Gasteiger partial charge in [0, 0.05) is 6.20 Å². The molecular weight excluding hydrogens is 467 g/mol. The van der Waals surface area contributed by atoms with Gasteiger partial charge in [-0.1, -0.05) is 0 Å². The van der Waals surface area contributed by atoms with Crippen LogP contribution in [0.15, 0.2) is 17.1 Å². The molecule has 0 radical (unpaired) electrons. The van der Waals surface area contributed by atoms with Gasteiger partial charge in [0.15, 0.2) is 6.23 Å². The van der Waals surface area contributed by atoms with Crippen LogP contribution in [0.3, 0.4) is 0 Å². The third-order valence-corrected chi connectivity index (χ3v) is 7.08. The van der Waals surface area contributed by atoms with Gasteiger partial charge in [0.2, 0.25) is 0 Å². The van der Waals surface area contributed by atoms with Crippen molar-refractivity contribution in [1.82, 2.24) is 9.55 Å². The highest BCUT2D eigenvalue weighted by atomic mass is 31.3. The van der Waals surface area contributed by atoms with E-state index >= 15 is 0 Å². The molecule has 0 aliphatic carbocycles. The zero-order valence-electron chi connectivity index (χ0n) is 13.9. The lowest BCUT2D eigenvalue weighted by Crippen LogP contribution is -2.36. The van der Waals surface area contributed by atoms with Gasteiger partial charge in [0.05, 0.1) is 6.61 Å². The molecule has 0 spiro atoms. The summed E-state index contributed by atoms with van der Waals surface area (Å²) in [6.45, 7) is -1.02. The van der Waals surface area contributed by atoms with Gasteiger partial charge >= 0.3 is 29.2 Å². The first-order chi connectivity index (χ1) is 13.1. The fraction of sp³-hybridized carbons (Fsp3) is 0.556. The van der Waals surface area contributed by atoms with Crippen molar-refractivity contribution in [2.45, 2.75) is 24.5 Å². The van der Waals surface area contributed by atoms with Crippen molar-refractivity contribution in [2.75, 3.05) is 12.3 Å². The van der Waals surface area contributed by atoms with Crippen LogP contribution >= 0.6 is 23.5 Å². The Morgan fingerprint density at radius 1 is 1.10 bits per heavy atom. The summed E-state index contributed by atoms with van der Waals surface area (Å²) in [7, 11) is -16.7. The number of anilines is 1. The Labute approximate surface area is 160 Å². The molecule has 6 atom stereocenters. The minimum Gasteiger partial charge on any atom is -0.387 e. The van der Waals surface area contributed by atoms with E-state index in [1.165, 1.54) is 6.07 Å². The van der Waals surface area contributed by atoms with Gasteiger partial charge in [-0.2, -0.15) is 13.6 Å².